The van der Waals surface area contributed by atoms with Crippen LogP contribution in [0.15, 0.2) is 12.1 Å². The predicted octanol–water partition coefficient (Wildman–Crippen LogP) is 3.41. The summed E-state index contributed by atoms with van der Waals surface area (Å²) >= 11 is 0. The van der Waals surface area contributed by atoms with Gasteiger partial charge in [-0.05, 0) is 51.7 Å². The molecule has 3 rings (SSSR count). The molecule has 0 radical (unpaired) electrons. The molecule has 2 aromatic rings. The van der Waals surface area contributed by atoms with Crippen LogP contribution in [0, 0.1) is 32.6 Å². The molecule has 1 aliphatic rings. The molecular weight excluding hydrogens is 338 g/mol. The Morgan fingerprint density at radius 3 is 2.59 bits per heavy atom. The maximum atomic E-state index is 12.6. The number of hydrogen-bond acceptors (Lipinski definition) is 5. The molecular formula is C21H31N5O. The molecule has 0 aliphatic carbocycles. The van der Waals surface area contributed by atoms with Gasteiger partial charge in [0.25, 0.3) is 0 Å². The van der Waals surface area contributed by atoms with E-state index in [2.05, 4.69) is 72.7 Å². The number of aryl methyl sites for hydroxylation is 3. The number of nitrogens with zero attached hydrogens (tertiary/aromatic N) is 2. The fourth-order valence-electron chi connectivity index (χ4n) is 3.80. The highest BCUT2D eigenvalue weighted by atomic mass is 16.2. The molecule has 3 N–H and O–H groups in total. The first-order valence-corrected chi connectivity index (χ1v) is 9.83. The average molecular weight is 370 g/mol. The highest BCUT2D eigenvalue weighted by Crippen LogP contribution is 2.23. The van der Waals surface area contributed by atoms with Crippen LogP contribution in [0.25, 0.3) is 10.9 Å². The van der Waals surface area contributed by atoms with Crippen molar-refractivity contribution in [3.05, 3.63) is 29.0 Å². The fraction of sp³-hybridized carbons (Fsp3) is 0.571. The van der Waals surface area contributed by atoms with E-state index < -0.39 is 0 Å². The van der Waals surface area contributed by atoms with E-state index >= 15 is 0 Å². The van der Waals surface area contributed by atoms with E-state index in [1.54, 1.807) is 0 Å². The van der Waals surface area contributed by atoms with Crippen LogP contribution in [0.3, 0.4) is 0 Å². The molecule has 1 fully saturated rings. The average Bonchev–Trinajstić information content (AvgIpc) is 2.55. The van der Waals surface area contributed by atoms with Crippen molar-refractivity contribution in [3.63, 3.8) is 0 Å². The smallest absolute Gasteiger partial charge is 0.227 e. The topological polar surface area (TPSA) is 78.9 Å². The van der Waals surface area contributed by atoms with Gasteiger partial charge in [-0.3, -0.25) is 10.1 Å². The number of aromatic nitrogens is 2. The van der Waals surface area contributed by atoms with Gasteiger partial charge >= 0.3 is 0 Å². The minimum atomic E-state index is -0.370. The van der Waals surface area contributed by atoms with Crippen LogP contribution in [0.1, 0.15) is 50.4 Å². The summed E-state index contributed by atoms with van der Waals surface area (Å²) in [4.78, 5) is 21.8. The SMILES string of the molecule is Cc1cc(C)c2nc(NC3NC(=O)C(CCC(C)C)C(C)N3)nc(C)c2c1. The Hall–Kier alpha value is -2.21. The van der Waals surface area contributed by atoms with Crippen molar-refractivity contribution < 1.29 is 4.79 Å². The molecule has 6 heteroatoms. The Balaban J connectivity index is 1.75. The number of hydrogen-bond donors (Lipinski definition) is 3. The van der Waals surface area contributed by atoms with Crippen molar-refractivity contribution in [2.24, 2.45) is 11.8 Å². The second-order valence-corrected chi connectivity index (χ2v) is 8.23. The van der Waals surface area contributed by atoms with Gasteiger partial charge in [-0.1, -0.05) is 31.9 Å². The van der Waals surface area contributed by atoms with Gasteiger partial charge in [-0.25, -0.2) is 9.97 Å². The van der Waals surface area contributed by atoms with Crippen LogP contribution in [0.4, 0.5) is 5.95 Å². The summed E-state index contributed by atoms with van der Waals surface area (Å²) in [7, 11) is 0. The molecule has 27 heavy (non-hydrogen) atoms. The lowest BCUT2D eigenvalue weighted by molar-refractivity contribution is -0.129. The molecule has 0 spiro atoms. The normalized spacial score (nSPS) is 22.9. The first-order valence-electron chi connectivity index (χ1n) is 9.83. The largest absolute Gasteiger partial charge is 0.323 e. The van der Waals surface area contributed by atoms with Crippen LogP contribution in [0.2, 0.25) is 0 Å². The molecule has 3 atom stereocenters. The number of anilines is 1. The van der Waals surface area contributed by atoms with Gasteiger partial charge in [0.05, 0.1) is 17.1 Å². The van der Waals surface area contributed by atoms with E-state index in [0.29, 0.717) is 11.9 Å². The van der Waals surface area contributed by atoms with Crippen molar-refractivity contribution in [2.75, 3.05) is 5.32 Å². The summed E-state index contributed by atoms with van der Waals surface area (Å²) in [5.74, 6) is 1.21. The van der Waals surface area contributed by atoms with Crippen molar-refractivity contribution in [2.45, 2.75) is 66.7 Å². The molecule has 0 bridgehead atoms. The Bertz CT molecular complexity index is 848. The van der Waals surface area contributed by atoms with Gasteiger partial charge in [-0.2, -0.15) is 0 Å². The van der Waals surface area contributed by atoms with Crippen molar-refractivity contribution in [3.8, 4) is 0 Å². The molecule has 1 amide bonds. The van der Waals surface area contributed by atoms with E-state index in [-0.39, 0.29) is 24.2 Å². The van der Waals surface area contributed by atoms with Crippen LogP contribution < -0.4 is 16.0 Å². The van der Waals surface area contributed by atoms with Gasteiger partial charge in [-0.15, -0.1) is 0 Å². The van der Waals surface area contributed by atoms with E-state index in [0.717, 1.165) is 35.0 Å². The van der Waals surface area contributed by atoms with E-state index in [9.17, 15) is 4.79 Å². The molecule has 0 saturated carbocycles. The van der Waals surface area contributed by atoms with Gasteiger partial charge in [0.15, 0.2) is 6.29 Å². The van der Waals surface area contributed by atoms with E-state index in [1.165, 1.54) is 5.56 Å². The molecule has 6 nitrogen and oxygen atoms in total. The lowest BCUT2D eigenvalue weighted by Gasteiger charge is -2.36. The third-order valence-electron chi connectivity index (χ3n) is 5.31. The second-order valence-electron chi connectivity index (χ2n) is 8.23. The Labute approximate surface area is 161 Å². The summed E-state index contributed by atoms with van der Waals surface area (Å²) in [6, 6.07) is 4.34. The molecule has 1 aromatic heterocycles. The third kappa shape index (κ3) is 4.38. The van der Waals surface area contributed by atoms with Gasteiger partial charge in [0, 0.05) is 11.4 Å². The summed E-state index contributed by atoms with van der Waals surface area (Å²) in [5.41, 5.74) is 4.20. The monoisotopic (exact) mass is 369 g/mol. The number of carbonyl (C=O) groups is 1. The number of carbonyl (C=O) groups excluding carboxylic acids is 1. The summed E-state index contributed by atoms with van der Waals surface area (Å²) in [6.45, 7) is 12.6. The van der Waals surface area contributed by atoms with Crippen molar-refractivity contribution in [1.82, 2.24) is 20.6 Å². The summed E-state index contributed by atoms with van der Waals surface area (Å²) in [6.07, 6.45) is 1.58. The summed E-state index contributed by atoms with van der Waals surface area (Å²) in [5, 5.41) is 10.8. The molecule has 3 unspecified atom stereocenters. The van der Waals surface area contributed by atoms with Crippen LogP contribution in [-0.4, -0.2) is 28.2 Å². The highest BCUT2D eigenvalue weighted by Gasteiger charge is 2.33. The maximum Gasteiger partial charge on any atom is 0.227 e. The standard InChI is InChI=1S/C21H31N5O/c1-11(2)7-8-16-14(5)22-21(25-19(16)27)26-20-23-15(6)17-10-12(3)9-13(4)18(17)24-20/h9-11,14,16,21-22H,7-8H2,1-6H3,(H,25,27)(H,23,24,26). The highest BCUT2D eigenvalue weighted by molar-refractivity contribution is 5.85. The lowest BCUT2D eigenvalue weighted by Crippen LogP contribution is -2.63. The molecule has 146 valence electrons. The van der Waals surface area contributed by atoms with Crippen molar-refractivity contribution >= 4 is 22.8 Å². The first kappa shape index (κ1) is 19.5. The number of fused-ring (bicyclic) bond motifs is 1. The first-order chi connectivity index (χ1) is 12.7. The number of amides is 1. The summed E-state index contributed by atoms with van der Waals surface area (Å²) < 4.78 is 0. The van der Waals surface area contributed by atoms with Gasteiger partial charge in [0.2, 0.25) is 11.9 Å². The minimum Gasteiger partial charge on any atom is -0.323 e. The number of rotatable bonds is 5. The zero-order chi connectivity index (χ0) is 19.7. The molecule has 2 heterocycles. The zero-order valence-electron chi connectivity index (χ0n) is 17.2. The minimum absolute atomic E-state index is 0.00470. The molecule has 1 saturated heterocycles. The van der Waals surface area contributed by atoms with E-state index in [4.69, 9.17) is 0 Å². The fourth-order valence-corrected chi connectivity index (χ4v) is 3.80. The number of benzene rings is 1. The molecule has 1 aliphatic heterocycles. The Kier molecular flexibility index (Phi) is 5.65. The Morgan fingerprint density at radius 2 is 1.93 bits per heavy atom. The van der Waals surface area contributed by atoms with Gasteiger partial charge in [0.1, 0.15) is 0 Å². The third-order valence-corrected chi connectivity index (χ3v) is 5.31. The van der Waals surface area contributed by atoms with Crippen molar-refractivity contribution in [1.29, 1.82) is 0 Å². The number of nitrogens with one attached hydrogen (secondary N) is 3. The quantitative estimate of drug-likeness (QED) is 0.753. The van der Waals surface area contributed by atoms with Crippen LogP contribution >= 0.6 is 0 Å². The Morgan fingerprint density at radius 1 is 1.19 bits per heavy atom. The maximum absolute atomic E-state index is 12.6. The van der Waals surface area contributed by atoms with Crippen LogP contribution in [-0.2, 0) is 4.79 Å². The molecule has 1 aromatic carbocycles. The van der Waals surface area contributed by atoms with E-state index in [1.807, 2.05) is 6.92 Å². The predicted molar refractivity (Wildman–Crippen MR) is 109 cm³/mol. The lowest BCUT2D eigenvalue weighted by atomic mass is 9.90. The van der Waals surface area contributed by atoms with Gasteiger partial charge < -0.3 is 10.6 Å². The second kappa shape index (κ2) is 7.80. The zero-order valence-corrected chi connectivity index (χ0v) is 17.2. The van der Waals surface area contributed by atoms with Crippen LogP contribution in [0.5, 0.6) is 0 Å².